The molecule has 4 rings (SSSR count). The van der Waals surface area contributed by atoms with Crippen molar-refractivity contribution in [1.82, 2.24) is 15.1 Å². The molecule has 0 spiro atoms. The minimum absolute atomic E-state index is 0.0540. The van der Waals surface area contributed by atoms with Crippen molar-refractivity contribution in [3.63, 3.8) is 0 Å². The summed E-state index contributed by atoms with van der Waals surface area (Å²) in [5.74, 6) is -0.430. The lowest BCUT2D eigenvalue weighted by molar-refractivity contribution is 0.102. The summed E-state index contributed by atoms with van der Waals surface area (Å²) < 4.78 is 29.5. The van der Waals surface area contributed by atoms with Gasteiger partial charge in [-0.2, -0.15) is 0 Å². The summed E-state index contributed by atoms with van der Waals surface area (Å²) in [6, 6.07) is 8.23. The highest BCUT2D eigenvalue weighted by Crippen LogP contribution is 2.31. The molecule has 31 heavy (non-hydrogen) atoms. The minimum atomic E-state index is -3.53. The normalized spacial score (nSPS) is 11.5. The van der Waals surface area contributed by atoms with E-state index in [0.717, 1.165) is 23.1 Å². The van der Waals surface area contributed by atoms with Crippen LogP contribution in [-0.2, 0) is 9.84 Å². The van der Waals surface area contributed by atoms with Crippen LogP contribution in [0.3, 0.4) is 0 Å². The topological polar surface area (TPSA) is 115 Å². The summed E-state index contributed by atoms with van der Waals surface area (Å²) >= 11 is 1.26. The van der Waals surface area contributed by atoms with Crippen molar-refractivity contribution in [2.75, 3.05) is 11.6 Å². The maximum Gasteiger partial charge on any atom is 0.263 e. The Morgan fingerprint density at radius 2 is 1.94 bits per heavy atom. The molecule has 0 aliphatic rings. The van der Waals surface area contributed by atoms with Gasteiger partial charge in [0.1, 0.15) is 11.3 Å². The zero-order chi connectivity index (χ0) is 22.2. The van der Waals surface area contributed by atoms with E-state index in [2.05, 4.69) is 20.4 Å². The standard InChI is InChI=1S/C21H18N4O4S2/c1-12-8-9-22-18(13(12)2)16-11-30-21(24-16)25-20(26)15-10-23-29-19(15)14-6-4-5-7-17(14)31(3,27)28/h4-11H,1-3H3,(H,24,25,26). The first-order valence-corrected chi connectivity index (χ1v) is 12.0. The van der Waals surface area contributed by atoms with Gasteiger partial charge in [-0.05, 0) is 43.2 Å². The number of hydrogen-bond acceptors (Lipinski definition) is 8. The smallest absolute Gasteiger partial charge is 0.263 e. The number of benzene rings is 1. The molecule has 0 saturated heterocycles. The van der Waals surface area contributed by atoms with Crippen LogP contribution in [0.5, 0.6) is 0 Å². The molecule has 0 bridgehead atoms. The summed E-state index contributed by atoms with van der Waals surface area (Å²) in [6.45, 7) is 3.97. The fourth-order valence-corrected chi connectivity index (χ4v) is 4.64. The van der Waals surface area contributed by atoms with Crippen LogP contribution < -0.4 is 5.32 Å². The van der Waals surface area contributed by atoms with Crippen molar-refractivity contribution in [3.8, 4) is 22.7 Å². The number of amides is 1. The average Bonchev–Trinajstić information content (AvgIpc) is 3.39. The number of nitrogens with zero attached hydrogens (tertiary/aromatic N) is 3. The van der Waals surface area contributed by atoms with Crippen molar-refractivity contribution in [3.05, 3.63) is 64.8 Å². The van der Waals surface area contributed by atoms with Gasteiger partial charge in [0, 0.05) is 23.4 Å². The van der Waals surface area contributed by atoms with E-state index >= 15 is 0 Å². The van der Waals surface area contributed by atoms with Gasteiger partial charge in [0.2, 0.25) is 0 Å². The second-order valence-electron chi connectivity index (χ2n) is 6.93. The molecular weight excluding hydrogens is 436 g/mol. The number of nitrogens with one attached hydrogen (secondary N) is 1. The van der Waals surface area contributed by atoms with E-state index in [0.29, 0.717) is 10.8 Å². The van der Waals surface area contributed by atoms with Gasteiger partial charge in [-0.15, -0.1) is 11.3 Å². The fraction of sp³-hybridized carbons (Fsp3) is 0.143. The second kappa shape index (κ2) is 8.05. The van der Waals surface area contributed by atoms with Crippen molar-refractivity contribution in [2.45, 2.75) is 18.7 Å². The van der Waals surface area contributed by atoms with Crippen LogP contribution in [-0.4, -0.2) is 35.7 Å². The van der Waals surface area contributed by atoms with Gasteiger partial charge < -0.3 is 4.52 Å². The number of thiazole rings is 1. The molecule has 0 fully saturated rings. The average molecular weight is 455 g/mol. The molecule has 0 atom stereocenters. The Kier molecular flexibility index (Phi) is 5.42. The Bertz CT molecular complexity index is 1390. The summed E-state index contributed by atoms with van der Waals surface area (Å²) in [6.07, 6.45) is 4.07. The van der Waals surface area contributed by atoms with Crippen molar-refractivity contribution < 1.29 is 17.7 Å². The quantitative estimate of drug-likeness (QED) is 0.482. The minimum Gasteiger partial charge on any atom is -0.355 e. The number of carbonyl (C=O) groups is 1. The van der Waals surface area contributed by atoms with E-state index in [-0.39, 0.29) is 21.8 Å². The maximum absolute atomic E-state index is 12.9. The Hall–Kier alpha value is -3.37. The van der Waals surface area contributed by atoms with Gasteiger partial charge in [0.15, 0.2) is 20.7 Å². The first kappa shape index (κ1) is 20.9. The molecule has 10 heteroatoms. The van der Waals surface area contributed by atoms with Crippen LogP contribution >= 0.6 is 11.3 Å². The van der Waals surface area contributed by atoms with E-state index in [4.69, 9.17) is 4.52 Å². The number of aryl methyl sites for hydroxylation is 1. The highest BCUT2D eigenvalue weighted by molar-refractivity contribution is 7.90. The number of hydrogen-bond donors (Lipinski definition) is 1. The van der Waals surface area contributed by atoms with Crippen LogP contribution in [0.2, 0.25) is 0 Å². The lowest BCUT2D eigenvalue weighted by Crippen LogP contribution is -2.12. The Balaban J connectivity index is 1.64. The van der Waals surface area contributed by atoms with Crippen molar-refractivity contribution >= 4 is 32.2 Å². The number of sulfone groups is 1. The second-order valence-corrected chi connectivity index (χ2v) is 9.77. The molecule has 8 nitrogen and oxygen atoms in total. The summed E-state index contributed by atoms with van der Waals surface area (Å²) in [5, 5.41) is 8.63. The van der Waals surface area contributed by atoms with Gasteiger partial charge in [-0.3, -0.25) is 15.1 Å². The van der Waals surface area contributed by atoms with E-state index in [1.54, 1.807) is 24.4 Å². The number of carbonyl (C=O) groups excluding carboxylic acids is 1. The largest absolute Gasteiger partial charge is 0.355 e. The zero-order valence-electron chi connectivity index (χ0n) is 16.9. The number of rotatable bonds is 5. The molecule has 1 aromatic carbocycles. The molecule has 0 aliphatic carbocycles. The SMILES string of the molecule is Cc1ccnc(-c2csc(NC(=O)c3cnoc3-c3ccccc3S(C)(=O)=O)n2)c1C. The summed E-state index contributed by atoms with van der Waals surface area (Å²) in [7, 11) is -3.53. The third-order valence-corrected chi connectivity index (χ3v) is 6.70. The van der Waals surface area contributed by atoms with Gasteiger partial charge in [0.25, 0.3) is 5.91 Å². The van der Waals surface area contributed by atoms with Crippen LogP contribution in [0.15, 0.2) is 57.5 Å². The molecule has 0 aliphatic heterocycles. The highest BCUT2D eigenvalue weighted by Gasteiger charge is 2.24. The highest BCUT2D eigenvalue weighted by atomic mass is 32.2. The number of pyridine rings is 1. The van der Waals surface area contributed by atoms with Crippen LogP contribution in [0.1, 0.15) is 21.5 Å². The molecule has 158 valence electrons. The van der Waals surface area contributed by atoms with E-state index < -0.39 is 15.7 Å². The van der Waals surface area contributed by atoms with Gasteiger partial charge in [-0.1, -0.05) is 17.3 Å². The molecule has 0 saturated carbocycles. The molecular formula is C21H18N4O4S2. The summed E-state index contributed by atoms with van der Waals surface area (Å²) in [4.78, 5) is 21.8. The summed E-state index contributed by atoms with van der Waals surface area (Å²) in [5.41, 5.74) is 3.91. The van der Waals surface area contributed by atoms with E-state index in [1.165, 1.54) is 23.6 Å². The molecule has 1 amide bonds. The lowest BCUT2D eigenvalue weighted by Gasteiger charge is -2.06. The zero-order valence-corrected chi connectivity index (χ0v) is 18.5. The monoisotopic (exact) mass is 454 g/mol. The van der Waals surface area contributed by atoms with Gasteiger partial charge >= 0.3 is 0 Å². The number of aromatic nitrogens is 3. The molecule has 1 N–H and O–H groups in total. The lowest BCUT2D eigenvalue weighted by atomic mass is 10.1. The fourth-order valence-electron chi connectivity index (χ4n) is 3.07. The van der Waals surface area contributed by atoms with E-state index in [1.807, 2.05) is 25.3 Å². The van der Waals surface area contributed by atoms with Crippen LogP contribution in [0, 0.1) is 13.8 Å². The molecule has 0 radical (unpaired) electrons. The maximum atomic E-state index is 12.9. The molecule has 3 heterocycles. The predicted molar refractivity (Wildman–Crippen MR) is 118 cm³/mol. The van der Waals surface area contributed by atoms with Gasteiger partial charge in [-0.25, -0.2) is 13.4 Å². The Morgan fingerprint density at radius 3 is 2.71 bits per heavy atom. The molecule has 3 aromatic heterocycles. The van der Waals surface area contributed by atoms with E-state index in [9.17, 15) is 13.2 Å². The predicted octanol–water partition coefficient (Wildman–Crippen LogP) is 4.13. The molecule has 4 aromatic rings. The Labute approximate surface area is 182 Å². The van der Waals surface area contributed by atoms with Crippen LogP contribution in [0.4, 0.5) is 5.13 Å². The third-order valence-electron chi connectivity index (χ3n) is 4.79. The first-order valence-electron chi connectivity index (χ1n) is 9.19. The first-order chi connectivity index (χ1) is 14.8. The van der Waals surface area contributed by atoms with Crippen molar-refractivity contribution in [2.24, 2.45) is 0 Å². The van der Waals surface area contributed by atoms with Crippen molar-refractivity contribution in [1.29, 1.82) is 0 Å². The Morgan fingerprint density at radius 1 is 1.16 bits per heavy atom. The molecule has 0 unspecified atom stereocenters. The van der Waals surface area contributed by atoms with Gasteiger partial charge in [0.05, 0.1) is 16.8 Å². The third kappa shape index (κ3) is 4.12. The van der Waals surface area contributed by atoms with Crippen LogP contribution in [0.25, 0.3) is 22.7 Å². The number of anilines is 1.